The minimum absolute atomic E-state index is 0.00537. The lowest BCUT2D eigenvalue weighted by molar-refractivity contribution is 0.103. The lowest BCUT2D eigenvalue weighted by Crippen LogP contribution is -2.04. The lowest BCUT2D eigenvalue weighted by Gasteiger charge is -2.04. The molecule has 1 nitrogen and oxygen atoms in total. The van der Waals surface area contributed by atoms with Crippen LogP contribution < -0.4 is 0 Å². The smallest absolute Gasteiger partial charge is 0.193 e. The Morgan fingerprint density at radius 3 is 2.35 bits per heavy atom. The second kappa shape index (κ2) is 5.34. The Kier molecular flexibility index (Phi) is 3.82. The van der Waals surface area contributed by atoms with E-state index in [0.29, 0.717) is 11.1 Å². The predicted molar refractivity (Wildman–Crippen MR) is 76.8 cm³/mol. The molecule has 0 atom stereocenters. The standard InChI is InChI=1S/C14H9BrOS/c15-12-7-5-10(6-8-12)14(16)13-4-2-1-3-11(13)9-17/h1-9H. The number of hydrogen-bond donors (Lipinski definition) is 0. The van der Waals surface area contributed by atoms with Crippen LogP contribution in [-0.4, -0.2) is 11.2 Å². The number of thiocarbonyl (C=S) groups is 1. The molecule has 0 radical (unpaired) electrons. The van der Waals surface area contributed by atoms with E-state index in [-0.39, 0.29) is 5.78 Å². The highest BCUT2D eigenvalue weighted by Gasteiger charge is 2.11. The normalized spacial score (nSPS) is 9.94. The molecule has 2 rings (SSSR count). The van der Waals surface area contributed by atoms with Crippen molar-refractivity contribution < 1.29 is 4.79 Å². The van der Waals surface area contributed by atoms with Gasteiger partial charge in [-0.15, -0.1) is 0 Å². The summed E-state index contributed by atoms with van der Waals surface area (Å²) in [6.07, 6.45) is 0. The van der Waals surface area contributed by atoms with Gasteiger partial charge in [0.05, 0.1) is 0 Å². The van der Waals surface area contributed by atoms with Crippen LogP contribution in [0.1, 0.15) is 21.5 Å². The fourth-order valence-electron chi connectivity index (χ4n) is 1.56. The average Bonchev–Trinajstić information content (AvgIpc) is 2.39. The first kappa shape index (κ1) is 12.1. The summed E-state index contributed by atoms with van der Waals surface area (Å²) >= 11 is 8.26. The van der Waals surface area contributed by atoms with E-state index in [1.807, 2.05) is 30.3 Å². The van der Waals surface area contributed by atoms with Crippen molar-refractivity contribution in [1.29, 1.82) is 0 Å². The van der Waals surface area contributed by atoms with Crippen molar-refractivity contribution in [3.05, 3.63) is 69.7 Å². The van der Waals surface area contributed by atoms with E-state index in [1.165, 1.54) is 5.37 Å². The summed E-state index contributed by atoms with van der Waals surface area (Å²) in [5, 5.41) is 1.53. The van der Waals surface area contributed by atoms with E-state index in [9.17, 15) is 4.79 Å². The van der Waals surface area contributed by atoms with Crippen LogP contribution in [0.3, 0.4) is 0 Å². The van der Waals surface area contributed by atoms with Gasteiger partial charge in [0.2, 0.25) is 0 Å². The zero-order valence-electron chi connectivity index (χ0n) is 8.89. The molecule has 0 heterocycles. The molecule has 0 saturated heterocycles. The van der Waals surface area contributed by atoms with Gasteiger partial charge in [-0.2, -0.15) is 0 Å². The van der Waals surface area contributed by atoms with E-state index in [2.05, 4.69) is 15.9 Å². The minimum atomic E-state index is -0.00537. The van der Waals surface area contributed by atoms with Gasteiger partial charge < -0.3 is 0 Å². The Labute approximate surface area is 114 Å². The molecule has 0 spiro atoms. The maximum absolute atomic E-state index is 12.3. The molecule has 17 heavy (non-hydrogen) atoms. The summed E-state index contributed by atoms with van der Waals surface area (Å²) in [7, 11) is 0. The van der Waals surface area contributed by atoms with Crippen LogP contribution in [0.2, 0.25) is 0 Å². The summed E-state index contributed by atoms with van der Waals surface area (Å²) in [5.41, 5.74) is 2.10. The van der Waals surface area contributed by atoms with Gasteiger partial charge in [0, 0.05) is 21.0 Å². The Hall–Kier alpha value is -1.32. The molecule has 3 heteroatoms. The Morgan fingerprint density at radius 2 is 1.71 bits per heavy atom. The maximum atomic E-state index is 12.3. The topological polar surface area (TPSA) is 17.1 Å². The molecule has 84 valence electrons. The van der Waals surface area contributed by atoms with Gasteiger partial charge in [0.1, 0.15) is 0 Å². The molecule has 0 bridgehead atoms. The molecule has 0 unspecified atom stereocenters. The van der Waals surface area contributed by atoms with E-state index in [0.717, 1.165) is 10.0 Å². The zero-order valence-corrected chi connectivity index (χ0v) is 11.3. The van der Waals surface area contributed by atoms with Crippen LogP contribution in [-0.2, 0) is 0 Å². The number of ketones is 1. The number of rotatable bonds is 3. The van der Waals surface area contributed by atoms with Crippen LogP contribution in [0.25, 0.3) is 0 Å². The predicted octanol–water partition coefficient (Wildman–Crippen LogP) is 4.03. The summed E-state index contributed by atoms with van der Waals surface area (Å²) in [5.74, 6) is -0.00537. The summed E-state index contributed by atoms with van der Waals surface area (Å²) < 4.78 is 0.956. The van der Waals surface area contributed by atoms with E-state index >= 15 is 0 Å². The first-order valence-electron chi connectivity index (χ1n) is 5.07. The van der Waals surface area contributed by atoms with E-state index < -0.39 is 0 Å². The van der Waals surface area contributed by atoms with Gasteiger partial charge in [-0.25, -0.2) is 0 Å². The van der Waals surface area contributed by atoms with Crippen molar-refractivity contribution in [2.24, 2.45) is 0 Å². The van der Waals surface area contributed by atoms with Gasteiger partial charge in [-0.1, -0.05) is 52.4 Å². The van der Waals surface area contributed by atoms with Gasteiger partial charge in [-0.05, 0) is 29.8 Å². The van der Waals surface area contributed by atoms with Gasteiger partial charge in [0.15, 0.2) is 5.78 Å². The molecule has 0 aromatic heterocycles. The first-order valence-corrected chi connectivity index (χ1v) is 6.33. The Morgan fingerprint density at radius 1 is 1.06 bits per heavy atom. The summed E-state index contributed by atoms with van der Waals surface area (Å²) in [4.78, 5) is 12.3. The largest absolute Gasteiger partial charge is 0.289 e. The molecule has 2 aromatic carbocycles. The molecule has 0 N–H and O–H groups in total. The molecule has 0 amide bonds. The number of benzene rings is 2. The van der Waals surface area contributed by atoms with Crippen LogP contribution in [0.15, 0.2) is 53.0 Å². The third-order valence-corrected chi connectivity index (χ3v) is 3.22. The van der Waals surface area contributed by atoms with Crippen molar-refractivity contribution >= 4 is 39.3 Å². The maximum Gasteiger partial charge on any atom is 0.193 e. The fourth-order valence-corrected chi connectivity index (χ4v) is 2.03. The molecule has 0 fully saturated rings. The summed E-state index contributed by atoms with van der Waals surface area (Å²) in [6, 6.07) is 14.7. The average molecular weight is 305 g/mol. The molecular formula is C14H9BrOS. The van der Waals surface area contributed by atoms with Crippen molar-refractivity contribution in [2.75, 3.05) is 0 Å². The highest BCUT2D eigenvalue weighted by Crippen LogP contribution is 2.16. The Balaban J connectivity index is 2.43. The van der Waals surface area contributed by atoms with Crippen molar-refractivity contribution in [1.82, 2.24) is 0 Å². The first-order chi connectivity index (χ1) is 8.22. The lowest BCUT2D eigenvalue weighted by atomic mass is 9.99. The molecule has 0 aliphatic carbocycles. The second-order valence-corrected chi connectivity index (χ2v) is 4.69. The van der Waals surface area contributed by atoms with Gasteiger partial charge >= 0.3 is 0 Å². The van der Waals surface area contributed by atoms with Crippen molar-refractivity contribution in [2.45, 2.75) is 0 Å². The summed E-state index contributed by atoms with van der Waals surface area (Å²) in [6.45, 7) is 0. The van der Waals surface area contributed by atoms with Crippen LogP contribution in [0.4, 0.5) is 0 Å². The minimum Gasteiger partial charge on any atom is -0.289 e. The fraction of sp³-hybridized carbons (Fsp3) is 0. The molecule has 0 aliphatic heterocycles. The zero-order chi connectivity index (χ0) is 12.3. The van der Waals surface area contributed by atoms with Crippen molar-refractivity contribution in [3.63, 3.8) is 0 Å². The molecule has 0 saturated carbocycles. The van der Waals surface area contributed by atoms with Gasteiger partial charge in [-0.3, -0.25) is 4.79 Å². The van der Waals surface area contributed by atoms with E-state index in [1.54, 1.807) is 18.2 Å². The van der Waals surface area contributed by atoms with Crippen molar-refractivity contribution in [3.8, 4) is 0 Å². The number of halogens is 1. The van der Waals surface area contributed by atoms with Crippen LogP contribution in [0, 0.1) is 0 Å². The number of hydrogen-bond acceptors (Lipinski definition) is 2. The van der Waals surface area contributed by atoms with Crippen LogP contribution >= 0.6 is 28.1 Å². The van der Waals surface area contributed by atoms with Crippen LogP contribution in [0.5, 0.6) is 0 Å². The van der Waals surface area contributed by atoms with E-state index in [4.69, 9.17) is 12.2 Å². The second-order valence-electron chi connectivity index (χ2n) is 3.54. The number of carbonyl (C=O) groups is 1. The highest BCUT2D eigenvalue weighted by atomic mass is 79.9. The molecular weight excluding hydrogens is 296 g/mol. The Bertz CT molecular complexity index is 561. The highest BCUT2D eigenvalue weighted by molar-refractivity contribution is 9.10. The SMILES string of the molecule is O=C(c1ccc(Br)cc1)c1ccccc1C=S. The van der Waals surface area contributed by atoms with Gasteiger partial charge in [0.25, 0.3) is 0 Å². The third kappa shape index (κ3) is 2.68. The molecule has 0 aliphatic rings. The monoisotopic (exact) mass is 304 g/mol. The molecule has 2 aromatic rings. The quantitative estimate of drug-likeness (QED) is 0.629. The number of carbonyl (C=O) groups excluding carboxylic acids is 1. The third-order valence-electron chi connectivity index (χ3n) is 2.44.